The fraction of sp³-hybridized carbons (Fsp3) is 0.190. The maximum atomic E-state index is 12.7. The molecule has 0 fully saturated rings. The van der Waals surface area contributed by atoms with Gasteiger partial charge in [0, 0.05) is 12.1 Å². The van der Waals surface area contributed by atoms with Gasteiger partial charge in [-0.15, -0.1) is 0 Å². The monoisotopic (exact) mass is 363 g/mol. The van der Waals surface area contributed by atoms with E-state index < -0.39 is 5.97 Å². The SMILES string of the molecule is CCOC(=O)Cn1nc(-c2ccccc2)cc(NCc2ccccc2)c1=O. The van der Waals surface area contributed by atoms with Crippen molar-refractivity contribution in [1.29, 1.82) is 0 Å². The van der Waals surface area contributed by atoms with Crippen molar-refractivity contribution in [3.8, 4) is 11.3 Å². The van der Waals surface area contributed by atoms with Crippen LogP contribution in [0.25, 0.3) is 11.3 Å². The first-order chi connectivity index (χ1) is 13.2. The Labute approximate surface area is 157 Å². The Hall–Kier alpha value is -3.41. The van der Waals surface area contributed by atoms with Gasteiger partial charge in [-0.1, -0.05) is 60.7 Å². The highest BCUT2D eigenvalue weighted by atomic mass is 16.5. The van der Waals surface area contributed by atoms with Crippen LogP contribution in [0.5, 0.6) is 0 Å². The molecule has 6 nitrogen and oxygen atoms in total. The zero-order valence-corrected chi connectivity index (χ0v) is 15.1. The van der Waals surface area contributed by atoms with E-state index in [-0.39, 0.29) is 18.7 Å². The zero-order valence-electron chi connectivity index (χ0n) is 15.1. The normalized spacial score (nSPS) is 10.4. The van der Waals surface area contributed by atoms with Crippen molar-refractivity contribution in [2.45, 2.75) is 20.0 Å². The largest absolute Gasteiger partial charge is 0.465 e. The van der Waals surface area contributed by atoms with Crippen molar-refractivity contribution in [2.75, 3.05) is 11.9 Å². The van der Waals surface area contributed by atoms with Crippen LogP contribution in [-0.2, 0) is 22.6 Å². The summed E-state index contributed by atoms with van der Waals surface area (Å²) in [5.41, 5.74) is 2.54. The van der Waals surface area contributed by atoms with E-state index in [9.17, 15) is 9.59 Å². The van der Waals surface area contributed by atoms with Gasteiger partial charge in [-0.25, -0.2) is 4.68 Å². The molecule has 3 rings (SSSR count). The molecule has 0 aliphatic carbocycles. The third kappa shape index (κ3) is 4.82. The van der Waals surface area contributed by atoms with Gasteiger partial charge in [0.15, 0.2) is 0 Å². The minimum Gasteiger partial charge on any atom is -0.465 e. The number of carbonyl (C=O) groups is 1. The third-order valence-corrected chi connectivity index (χ3v) is 3.95. The Morgan fingerprint density at radius 3 is 2.41 bits per heavy atom. The topological polar surface area (TPSA) is 73.2 Å². The standard InChI is InChI=1S/C21H21N3O3/c1-2-27-20(25)15-24-21(26)19(22-14-16-9-5-3-6-10-16)13-18(23-24)17-11-7-4-8-12-17/h3-13,22H,2,14-15H2,1H3. The zero-order chi connectivity index (χ0) is 19.1. The van der Waals surface area contributed by atoms with Crippen molar-refractivity contribution >= 4 is 11.7 Å². The minimum atomic E-state index is -0.494. The molecule has 0 aliphatic rings. The van der Waals surface area contributed by atoms with Gasteiger partial charge < -0.3 is 10.1 Å². The summed E-state index contributed by atoms with van der Waals surface area (Å²) >= 11 is 0. The van der Waals surface area contributed by atoms with Crippen molar-refractivity contribution in [1.82, 2.24) is 9.78 Å². The summed E-state index contributed by atoms with van der Waals surface area (Å²) in [5, 5.41) is 7.50. The molecule has 0 aliphatic heterocycles. The summed E-state index contributed by atoms with van der Waals surface area (Å²) in [5.74, 6) is -0.494. The van der Waals surface area contributed by atoms with E-state index in [4.69, 9.17) is 4.74 Å². The second-order valence-electron chi connectivity index (χ2n) is 5.92. The Morgan fingerprint density at radius 2 is 1.74 bits per heavy atom. The van der Waals surface area contributed by atoms with E-state index in [1.165, 1.54) is 0 Å². The van der Waals surface area contributed by atoms with Gasteiger partial charge in [0.05, 0.1) is 12.3 Å². The number of anilines is 1. The van der Waals surface area contributed by atoms with Crippen LogP contribution in [0.15, 0.2) is 71.5 Å². The van der Waals surface area contributed by atoms with Crippen molar-refractivity contribution < 1.29 is 9.53 Å². The van der Waals surface area contributed by atoms with Gasteiger partial charge in [-0.2, -0.15) is 5.10 Å². The number of esters is 1. The number of nitrogens with one attached hydrogen (secondary N) is 1. The van der Waals surface area contributed by atoms with Gasteiger partial charge in [-0.05, 0) is 18.6 Å². The number of hydrogen-bond donors (Lipinski definition) is 1. The van der Waals surface area contributed by atoms with Gasteiger partial charge in [0.25, 0.3) is 5.56 Å². The summed E-state index contributed by atoms with van der Waals surface area (Å²) < 4.78 is 6.10. The molecule has 0 radical (unpaired) electrons. The predicted molar refractivity (Wildman–Crippen MR) is 104 cm³/mol. The summed E-state index contributed by atoms with van der Waals surface area (Å²) in [7, 11) is 0. The number of rotatable bonds is 7. The van der Waals surface area contributed by atoms with Gasteiger partial charge in [0.2, 0.25) is 0 Å². The molecule has 1 heterocycles. The molecule has 0 amide bonds. The van der Waals surface area contributed by atoms with Gasteiger partial charge >= 0.3 is 5.97 Å². The lowest BCUT2D eigenvalue weighted by molar-refractivity contribution is -0.144. The molecule has 0 atom stereocenters. The van der Waals surface area contributed by atoms with Crippen LogP contribution in [0.4, 0.5) is 5.69 Å². The van der Waals surface area contributed by atoms with E-state index in [0.717, 1.165) is 15.8 Å². The minimum absolute atomic E-state index is 0.229. The predicted octanol–water partition coefficient (Wildman–Crippen LogP) is 3.09. The lowest BCUT2D eigenvalue weighted by Crippen LogP contribution is -2.30. The van der Waals surface area contributed by atoms with Crippen LogP contribution in [-0.4, -0.2) is 22.4 Å². The lowest BCUT2D eigenvalue weighted by atomic mass is 10.1. The highest BCUT2D eigenvalue weighted by Gasteiger charge is 2.13. The van der Waals surface area contributed by atoms with E-state index in [2.05, 4.69) is 10.4 Å². The molecule has 1 aromatic heterocycles. The van der Waals surface area contributed by atoms with E-state index in [1.54, 1.807) is 13.0 Å². The number of benzene rings is 2. The van der Waals surface area contributed by atoms with Crippen LogP contribution in [0, 0.1) is 0 Å². The maximum absolute atomic E-state index is 12.7. The number of carbonyl (C=O) groups excluding carboxylic acids is 1. The smallest absolute Gasteiger partial charge is 0.327 e. The van der Waals surface area contributed by atoms with Crippen molar-refractivity contribution in [3.05, 3.63) is 82.6 Å². The lowest BCUT2D eigenvalue weighted by Gasteiger charge is -2.12. The average molecular weight is 363 g/mol. The molecule has 0 bridgehead atoms. The van der Waals surface area contributed by atoms with Crippen LogP contribution < -0.4 is 10.9 Å². The fourth-order valence-corrected chi connectivity index (χ4v) is 2.65. The molecule has 138 valence electrons. The van der Waals surface area contributed by atoms with Crippen LogP contribution >= 0.6 is 0 Å². The summed E-state index contributed by atoms with van der Waals surface area (Å²) in [4.78, 5) is 24.6. The Kier molecular flexibility index (Phi) is 5.99. The first-order valence-electron chi connectivity index (χ1n) is 8.78. The highest BCUT2D eigenvalue weighted by Crippen LogP contribution is 2.18. The molecule has 6 heteroatoms. The molecule has 0 unspecified atom stereocenters. The molecule has 1 N–H and O–H groups in total. The van der Waals surface area contributed by atoms with Crippen molar-refractivity contribution in [2.24, 2.45) is 0 Å². The second kappa shape index (κ2) is 8.80. The quantitative estimate of drug-likeness (QED) is 0.653. The number of ether oxygens (including phenoxy) is 1. The first kappa shape index (κ1) is 18.4. The number of hydrogen-bond acceptors (Lipinski definition) is 5. The van der Waals surface area contributed by atoms with E-state index >= 15 is 0 Å². The van der Waals surface area contributed by atoms with Crippen molar-refractivity contribution in [3.63, 3.8) is 0 Å². The maximum Gasteiger partial charge on any atom is 0.327 e. The number of aromatic nitrogens is 2. The van der Waals surface area contributed by atoms with E-state index in [0.29, 0.717) is 17.9 Å². The molecular formula is C21H21N3O3. The van der Waals surface area contributed by atoms with E-state index in [1.807, 2.05) is 60.7 Å². The van der Waals surface area contributed by atoms with Crippen LogP contribution in [0.1, 0.15) is 12.5 Å². The summed E-state index contributed by atoms with van der Waals surface area (Å²) in [6, 6.07) is 21.0. The van der Waals surface area contributed by atoms with Crippen LogP contribution in [0.3, 0.4) is 0 Å². The van der Waals surface area contributed by atoms with Gasteiger partial charge in [-0.3, -0.25) is 9.59 Å². The molecule has 27 heavy (non-hydrogen) atoms. The molecule has 2 aromatic carbocycles. The Balaban J connectivity index is 1.95. The Morgan fingerprint density at radius 1 is 1.07 bits per heavy atom. The van der Waals surface area contributed by atoms with Gasteiger partial charge in [0.1, 0.15) is 12.2 Å². The summed E-state index contributed by atoms with van der Waals surface area (Å²) in [6.07, 6.45) is 0. The molecule has 0 saturated heterocycles. The first-order valence-corrected chi connectivity index (χ1v) is 8.78. The Bertz CT molecular complexity index is 953. The van der Waals surface area contributed by atoms with Crippen LogP contribution in [0.2, 0.25) is 0 Å². The molecule has 0 saturated carbocycles. The highest BCUT2D eigenvalue weighted by molar-refractivity contribution is 5.69. The number of nitrogens with zero attached hydrogens (tertiary/aromatic N) is 2. The third-order valence-electron chi connectivity index (χ3n) is 3.95. The second-order valence-corrected chi connectivity index (χ2v) is 5.92. The molecule has 3 aromatic rings. The fourth-order valence-electron chi connectivity index (χ4n) is 2.65. The molecule has 0 spiro atoms. The average Bonchev–Trinajstić information content (AvgIpc) is 2.70. The molecular weight excluding hydrogens is 342 g/mol. The summed E-state index contributed by atoms with van der Waals surface area (Å²) in [6.45, 7) is 2.24.